The molecule has 8 nitrogen and oxygen atoms in total. The lowest BCUT2D eigenvalue weighted by molar-refractivity contribution is -0.118. The van der Waals surface area contributed by atoms with Gasteiger partial charge in [0.15, 0.2) is 0 Å². The molecule has 0 unspecified atom stereocenters. The second kappa shape index (κ2) is 9.28. The van der Waals surface area contributed by atoms with Gasteiger partial charge < -0.3 is 10.6 Å². The van der Waals surface area contributed by atoms with Gasteiger partial charge in [-0.3, -0.25) is 4.79 Å². The molecule has 0 aliphatic heterocycles. The van der Waals surface area contributed by atoms with Gasteiger partial charge >= 0.3 is 0 Å². The second-order valence-corrected chi connectivity index (χ2v) is 5.28. The first-order valence-electron chi connectivity index (χ1n) is 6.39. The van der Waals surface area contributed by atoms with Gasteiger partial charge in [-0.2, -0.15) is 5.26 Å². The molecule has 20 heavy (non-hydrogen) atoms. The molecule has 0 saturated carbocycles. The number of hydrogen-bond donors (Lipinski definition) is 2. The maximum atomic E-state index is 11.5. The zero-order valence-electron chi connectivity index (χ0n) is 11.7. The van der Waals surface area contributed by atoms with E-state index < -0.39 is 0 Å². The fourth-order valence-corrected chi connectivity index (χ4v) is 2.07. The zero-order valence-corrected chi connectivity index (χ0v) is 12.5. The zero-order chi connectivity index (χ0) is 14.8. The molecule has 0 fully saturated rings. The number of carbonyl (C=O) groups excluding carboxylic acids is 1. The van der Waals surface area contributed by atoms with E-state index in [4.69, 9.17) is 5.26 Å². The SMILES string of the molecule is CC(C)NCCn1nnnc1SCC(=O)NCCC#N. The highest BCUT2D eigenvalue weighted by molar-refractivity contribution is 7.99. The summed E-state index contributed by atoms with van der Waals surface area (Å²) in [6.45, 7) is 5.94. The Hall–Kier alpha value is -1.66. The van der Waals surface area contributed by atoms with Crippen molar-refractivity contribution in [3.63, 3.8) is 0 Å². The van der Waals surface area contributed by atoms with Crippen molar-refractivity contribution in [2.45, 2.75) is 38.0 Å². The van der Waals surface area contributed by atoms with Crippen molar-refractivity contribution in [2.75, 3.05) is 18.8 Å². The normalized spacial score (nSPS) is 10.5. The second-order valence-electron chi connectivity index (χ2n) is 4.34. The number of nitrogens with one attached hydrogen (secondary N) is 2. The lowest BCUT2D eigenvalue weighted by Gasteiger charge is -2.08. The van der Waals surface area contributed by atoms with E-state index in [2.05, 4.69) is 40.0 Å². The number of amides is 1. The number of rotatable bonds is 9. The van der Waals surface area contributed by atoms with Crippen LogP contribution in [0.15, 0.2) is 5.16 Å². The first kappa shape index (κ1) is 16.4. The molecule has 1 aromatic rings. The van der Waals surface area contributed by atoms with Crippen LogP contribution in [0, 0.1) is 11.3 Å². The van der Waals surface area contributed by atoms with E-state index >= 15 is 0 Å². The van der Waals surface area contributed by atoms with Crippen molar-refractivity contribution in [1.82, 2.24) is 30.8 Å². The van der Waals surface area contributed by atoms with Gasteiger partial charge in [0.2, 0.25) is 11.1 Å². The Morgan fingerprint density at radius 1 is 1.50 bits per heavy atom. The summed E-state index contributed by atoms with van der Waals surface area (Å²) in [7, 11) is 0. The molecular formula is C11H19N7OS. The van der Waals surface area contributed by atoms with Gasteiger partial charge in [0.25, 0.3) is 0 Å². The highest BCUT2D eigenvalue weighted by atomic mass is 32.2. The van der Waals surface area contributed by atoms with E-state index in [1.165, 1.54) is 11.8 Å². The van der Waals surface area contributed by atoms with Gasteiger partial charge in [-0.25, -0.2) is 4.68 Å². The molecule has 0 aromatic carbocycles. The van der Waals surface area contributed by atoms with Crippen molar-refractivity contribution in [1.29, 1.82) is 5.26 Å². The van der Waals surface area contributed by atoms with E-state index in [0.717, 1.165) is 6.54 Å². The van der Waals surface area contributed by atoms with Crippen LogP contribution in [0.5, 0.6) is 0 Å². The van der Waals surface area contributed by atoms with Gasteiger partial charge in [0, 0.05) is 19.1 Å². The van der Waals surface area contributed by atoms with Crippen LogP contribution < -0.4 is 10.6 Å². The van der Waals surface area contributed by atoms with Crippen LogP contribution in [0.1, 0.15) is 20.3 Å². The Bertz CT molecular complexity index is 454. The standard InChI is InChI=1S/C11H19N7OS/c1-9(2)13-6-7-18-11(15-16-17-18)20-8-10(19)14-5-3-4-12/h9,13H,3,5-8H2,1-2H3,(H,14,19). The van der Waals surface area contributed by atoms with Gasteiger partial charge in [0.1, 0.15) is 0 Å². The van der Waals surface area contributed by atoms with E-state index in [9.17, 15) is 4.79 Å². The van der Waals surface area contributed by atoms with Crippen LogP contribution in [-0.2, 0) is 11.3 Å². The van der Waals surface area contributed by atoms with Crippen molar-refractivity contribution in [3.8, 4) is 6.07 Å². The van der Waals surface area contributed by atoms with Crippen molar-refractivity contribution >= 4 is 17.7 Å². The highest BCUT2D eigenvalue weighted by Crippen LogP contribution is 2.12. The van der Waals surface area contributed by atoms with Gasteiger partial charge in [-0.05, 0) is 10.4 Å². The minimum Gasteiger partial charge on any atom is -0.354 e. The quantitative estimate of drug-likeness (QED) is 0.479. The molecule has 9 heteroatoms. The topological polar surface area (TPSA) is 109 Å². The predicted octanol–water partition coefficient (Wildman–Crippen LogP) is -0.207. The summed E-state index contributed by atoms with van der Waals surface area (Å²) < 4.78 is 1.67. The van der Waals surface area contributed by atoms with Crippen LogP contribution >= 0.6 is 11.8 Å². The average molecular weight is 297 g/mol. The molecule has 0 atom stereocenters. The molecule has 0 saturated heterocycles. The Morgan fingerprint density at radius 3 is 3.00 bits per heavy atom. The smallest absolute Gasteiger partial charge is 0.230 e. The fourth-order valence-electron chi connectivity index (χ4n) is 1.34. The maximum Gasteiger partial charge on any atom is 0.230 e. The van der Waals surface area contributed by atoms with Gasteiger partial charge in [-0.1, -0.05) is 25.6 Å². The first-order valence-corrected chi connectivity index (χ1v) is 7.38. The maximum absolute atomic E-state index is 11.5. The number of tetrazole rings is 1. The third-order valence-electron chi connectivity index (χ3n) is 2.27. The Balaban J connectivity index is 2.31. The number of hydrogen-bond acceptors (Lipinski definition) is 7. The van der Waals surface area contributed by atoms with Crippen molar-refractivity contribution in [3.05, 3.63) is 0 Å². The highest BCUT2D eigenvalue weighted by Gasteiger charge is 2.09. The van der Waals surface area contributed by atoms with Crippen LogP contribution in [0.2, 0.25) is 0 Å². The van der Waals surface area contributed by atoms with Gasteiger partial charge in [0.05, 0.1) is 24.8 Å². The summed E-state index contributed by atoms with van der Waals surface area (Å²) in [5, 5.41) is 26.3. The van der Waals surface area contributed by atoms with E-state index in [-0.39, 0.29) is 11.7 Å². The number of nitrogens with zero attached hydrogens (tertiary/aromatic N) is 5. The largest absolute Gasteiger partial charge is 0.354 e. The van der Waals surface area contributed by atoms with Crippen LogP contribution in [0.4, 0.5) is 0 Å². The minimum atomic E-state index is -0.125. The summed E-state index contributed by atoms with van der Waals surface area (Å²) in [5.74, 6) is 0.115. The molecule has 1 rings (SSSR count). The minimum absolute atomic E-state index is 0.125. The molecular weight excluding hydrogens is 278 g/mol. The molecule has 0 spiro atoms. The molecule has 110 valence electrons. The lowest BCUT2D eigenvalue weighted by atomic mass is 10.4. The monoisotopic (exact) mass is 297 g/mol. The summed E-state index contributed by atoms with van der Waals surface area (Å²) in [4.78, 5) is 11.5. The van der Waals surface area contributed by atoms with Crippen LogP contribution in [-0.4, -0.2) is 51.0 Å². The third-order valence-corrected chi connectivity index (χ3v) is 3.22. The van der Waals surface area contributed by atoms with Crippen LogP contribution in [0.25, 0.3) is 0 Å². The third kappa shape index (κ3) is 6.49. The predicted molar refractivity (Wildman–Crippen MR) is 74.9 cm³/mol. The first-order chi connectivity index (χ1) is 9.63. The van der Waals surface area contributed by atoms with E-state index in [1.54, 1.807) is 4.68 Å². The summed E-state index contributed by atoms with van der Waals surface area (Å²) in [6, 6.07) is 2.38. The lowest BCUT2D eigenvalue weighted by Crippen LogP contribution is -2.27. The number of thioether (sulfide) groups is 1. The van der Waals surface area contributed by atoms with Gasteiger partial charge in [-0.15, -0.1) is 5.10 Å². The summed E-state index contributed by atoms with van der Waals surface area (Å²) in [5.41, 5.74) is 0. The van der Waals surface area contributed by atoms with Crippen LogP contribution in [0.3, 0.4) is 0 Å². The molecule has 1 heterocycles. The Kier molecular flexibility index (Phi) is 7.60. The molecule has 2 N–H and O–H groups in total. The molecule has 0 radical (unpaired) electrons. The number of carbonyl (C=O) groups is 1. The summed E-state index contributed by atoms with van der Waals surface area (Å²) in [6.07, 6.45) is 0.315. The molecule has 1 amide bonds. The molecule has 0 aliphatic carbocycles. The number of nitriles is 1. The molecule has 1 aromatic heterocycles. The van der Waals surface area contributed by atoms with E-state index in [1.807, 2.05) is 6.07 Å². The molecule has 0 aliphatic rings. The number of aromatic nitrogens is 4. The Labute approximate surface area is 122 Å². The Morgan fingerprint density at radius 2 is 2.30 bits per heavy atom. The average Bonchev–Trinajstić information content (AvgIpc) is 2.84. The fraction of sp³-hybridized carbons (Fsp3) is 0.727. The van der Waals surface area contributed by atoms with E-state index in [0.29, 0.717) is 30.7 Å². The van der Waals surface area contributed by atoms with Crippen molar-refractivity contribution < 1.29 is 4.79 Å². The van der Waals surface area contributed by atoms with Crippen molar-refractivity contribution in [2.24, 2.45) is 0 Å². The molecule has 0 bridgehead atoms. The summed E-state index contributed by atoms with van der Waals surface area (Å²) >= 11 is 1.28.